The molecule has 6 nitrogen and oxygen atoms in total. The summed E-state index contributed by atoms with van der Waals surface area (Å²) in [7, 11) is 0. The zero-order valence-electron chi connectivity index (χ0n) is 10.1. The third kappa shape index (κ3) is 4.50. The molecule has 102 valence electrons. The van der Waals surface area contributed by atoms with Crippen molar-refractivity contribution in [2.45, 2.75) is 12.2 Å². The molecule has 0 amide bonds. The van der Waals surface area contributed by atoms with E-state index in [2.05, 4.69) is 0 Å². The molecule has 0 aromatic heterocycles. The number of nitrogens with zero attached hydrogens (tertiary/aromatic N) is 1. The highest BCUT2D eigenvalue weighted by Crippen LogP contribution is 2.18. The molecule has 0 saturated heterocycles. The SMILES string of the molecule is Nc1cccc(N(CC(O)CO)CC(O)CO)c1. The lowest BCUT2D eigenvalue weighted by Gasteiger charge is -2.28. The second-order valence-electron chi connectivity index (χ2n) is 4.17. The van der Waals surface area contributed by atoms with Gasteiger partial charge < -0.3 is 31.1 Å². The van der Waals surface area contributed by atoms with Crippen LogP contribution in [-0.4, -0.2) is 58.9 Å². The lowest BCUT2D eigenvalue weighted by Crippen LogP contribution is -2.40. The van der Waals surface area contributed by atoms with E-state index in [-0.39, 0.29) is 26.3 Å². The molecule has 2 atom stereocenters. The van der Waals surface area contributed by atoms with Crippen molar-refractivity contribution < 1.29 is 20.4 Å². The fourth-order valence-electron chi connectivity index (χ4n) is 1.63. The summed E-state index contributed by atoms with van der Waals surface area (Å²) in [4.78, 5) is 1.66. The van der Waals surface area contributed by atoms with Gasteiger partial charge in [0.05, 0.1) is 25.4 Å². The van der Waals surface area contributed by atoms with Crippen LogP contribution in [0.3, 0.4) is 0 Å². The summed E-state index contributed by atoms with van der Waals surface area (Å²) in [6, 6.07) is 6.97. The molecule has 2 unspecified atom stereocenters. The van der Waals surface area contributed by atoms with Gasteiger partial charge in [-0.15, -0.1) is 0 Å². The molecule has 0 aliphatic rings. The fraction of sp³-hybridized carbons (Fsp3) is 0.500. The number of nitrogen functional groups attached to an aromatic ring is 1. The van der Waals surface area contributed by atoms with Gasteiger partial charge in [-0.25, -0.2) is 0 Å². The van der Waals surface area contributed by atoms with E-state index in [1.807, 2.05) is 0 Å². The molecule has 1 rings (SSSR count). The average Bonchev–Trinajstić information content (AvgIpc) is 2.37. The molecular weight excluding hydrogens is 236 g/mol. The summed E-state index contributed by atoms with van der Waals surface area (Å²) in [5.41, 5.74) is 6.95. The quantitative estimate of drug-likeness (QED) is 0.391. The van der Waals surface area contributed by atoms with Gasteiger partial charge in [-0.2, -0.15) is 0 Å². The minimum atomic E-state index is -0.919. The molecule has 18 heavy (non-hydrogen) atoms. The summed E-state index contributed by atoms with van der Waals surface area (Å²) >= 11 is 0. The van der Waals surface area contributed by atoms with Crippen LogP contribution in [0.2, 0.25) is 0 Å². The van der Waals surface area contributed by atoms with E-state index < -0.39 is 12.2 Å². The van der Waals surface area contributed by atoms with Gasteiger partial charge in [0.1, 0.15) is 0 Å². The van der Waals surface area contributed by atoms with Crippen LogP contribution in [-0.2, 0) is 0 Å². The Balaban J connectivity index is 2.82. The Bertz CT molecular complexity index is 350. The van der Waals surface area contributed by atoms with Crippen molar-refractivity contribution in [2.75, 3.05) is 36.9 Å². The first-order valence-corrected chi connectivity index (χ1v) is 5.75. The second-order valence-corrected chi connectivity index (χ2v) is 4.17. The van der Waals surface area contributed by atoms with Crippen LogP contribution in [0.4, 0.5) is 11.4 Å². The molecule has 0 aliphatic heterocycles. The number of benzene rings is 1. The maximum Gasteiger partial charge on any atom is 0.0945 e. The van der Waals surface area contributed by atoms with Crippen LogP contribution < -0.4 is 10.6 Å². The van der Waals surface area contributed by atoms with Gasteiger partial charge in [-0.05, 0) is 18.2 Å². The van der Waals surface area contributed by atoms with Crippen LogP contribution in [0.1, 0.15) is 0 Å². The monoisotopic (exact) mass is 256 g/mol. The Morgan fingerprint density at radius 3 is 2.06 bits per heavy atom. The topological polar surface area (TPSA) is 110 Å². The standard InChI is InChI=1S/C12H20N2O4/c13-9-2-1-3-10(4-9)14(5-11(17)7-15)6-12(18)8-16/h1-4,11-12,15-18H,5-8,13H2. The van der Waals surface area contributed by atoms with Crippen LogP contribution >= 0.6 is 0 Å². The Hall–Kier alpha value is -1.34. The molecule has 0 heterocycles. The smallest absolute Gasteiger partial charge is 0.0945 e. The molecule has 1 aromatic rings. The van der Waals surface area contributed by atoms with E-state index in [0.29, 0.717) is 5.69 Å². The fourth-order valence-corrected chi connectivity index (χ4v) is 1.63. The maximum atomic E-state index is 9.48. The molecule has 6 N–H and O–H groups in total. The molecular formula is C12H20N2O4. The maximum absolute atomic E-state index is 9.48. The molecule has 0 aliphatic carbocycles. The molecule has 0 radical (unpaired) electrons. The van der Waals surface area contributed by atoms with Gasteiger partial charge in [-0.3, -0.25) is 0 Å². The van der Waals surface area contributed by atoms with Crippen molar-refractivity contribution in [1.29, 1.82) is 0 Å². The lowest BCUT2D eigenvalue weighted by molar-refractivity contribution is 0.0839. The van der Waals surface area contributed by atoms with E-state index in [1.54, 1.807) is 29.2 Å². The van der Waals surface area contributed by atoms with Crippen molar-refractivity contribution in [3.8, 4) is 0 Å². The number of hydrogen-bond donors (Lipinski definition) is 5. The van der Waals surface area contributed by atoms with Crippen molar-refractivity contribution in [1.82, 2.24) is 0 Å². The third-order valence-electron chi connectivity index (χ3n) is 2.52. The third-order valence-corrected chi connectivity index (χ3v) is 2.52. The van der Waals surface area contributed by atoms with E-state index in [1.165, 1.54) is 0 Å². The van der Waals surface area contributed by atoms with Crippen LogP contribution in [0.25, 0.3) is 0 Å². The van der Waals surface area contributed by atoms with Crippen molar-refractivity contribution in [3.63, 3.8) is 0 Å². The van der Waals surface area contributed by atoms with Crippen LogP contribution in [0.15, 0.2) is 24.3 Å². The number of aliphatic hydroxyl groups is 4. The van der Waals surface area contributed by atoms with Crippen LogP contribution in [0, 0.1) is 0 Å². The minimum absolute atomic E-state index is 0.150. The summed E-state index contributed by atoms with van der Waals surface area (Å²) < 4.78 is 0. The van der Waals surface area contributed by atoms with Gasteiger partial charge in [0, 0.05) is 24.5 Å². The largest absolute Gasteiger partial charge is 0.399 e. The Kier molecular flexibility index (Phi) is 5.87. The van der Waals surface area contributed by atoms with E-state index in [4.69, 9.17) is 15.9 Å². The zero-order valence-corrected chi connectivity index (χ0v) is 10.1. The van der Waals surface area contributed by atoms with Gasteiger partial charge in [-0.1, -0.05) is 6.07 Å². The summed E-state index contributed by atoms with van der Waals surface area (Å²) in [6.45, 7) is -0.434. The summed E-state index contributed by atoms with van der Waals surface area (Å²) in [5.74, 6) is 0. The Labute approximate surface area is 106 Å². The predicted molar refractivity (Wildman–Crippen MR) is 69.3 cm³/mol. The predicted octanol–water partition coefficient (Wildman–Crippen LogP) is -1.22. The molecule has 0 spiro atoms. The number of aliphatic hydroxyl groups excluding tert-OH is 4. The number of nitrogens with two attached hydrogens (primary N) is 1. The van der Waals surface area contributed by atoms with E-state index >= 15 is 0 Å². The van der Waals surface area contributed by atoms with E-state index in [9.17, 15) is 10.2 Å². The number of anilines is 2. The first-order chi connectivity index (χ1) is 8.56. The van der Waals surface area contributed by atoms with Gasteiger partial charge >= 0.3 is 0 Å². The molecule has 0 saturated carbocycles. The summed E-state index contributed by atoms with van der Waals surface area (Å²) in [5, 5.41) is 36.7. The molecule has 1 aromatic carbocycles. The first kappa shape index (κ1) is 14.7. The normalized spacial score (nSPS) is 14.2. The van der Waals surface area contributed by atoms with Crippen molar-refractivity contribution >= 4 is 11.4 Å². The molecule has 0 fully saturated rings. The van der Waals surface area contributed by atoms with E-state index in [0.717, 1.165) is 5.69 Å². The first-order valence-electron chi connectivity index (χ1n) is 5.75. The lowest BCUT2D eigenvalue weighted by atomic mass is 10.2. The highest BCUT2D eigenvalue weighted by molar-refractivity contribution is 5.56. The average molecular weight is 256 g/mol. The Morgan fingerprint density at radius 1 is 1.06 bits per heavy atom. The van der Waals surface area contributed by atoms with Crippen LogP contribution in [0.5, 0.6) is 0 Å². The number of hydrogen-bond acceptors (Lipinski definition) is 6. The molecule has 0 bridgehead atoms. The molecule has 6 heteroatoms. The zero-order chi connectivity index (χ0) is 13.5. The summed E-state index contributed by atoms with van der Waals surface area (Å²) in [6.07, 6.45) is -1.84. The van der Waals surface area contributed by atoms with Gasteiger partial charge in [0.2, 0.25) is 0 Å². The minimum Gasteiger partial charge on any atom is -0.399 e. The highest BCUT2D eigenvalue weighted by atomic mass is 16.3. The van der Waals surface area contributed by atoms with Gasteiger partial charge in [0.15, 0.2) is 0 Å². The second kappa shape index (κ2) is 7.17. The van der Waals surface area contributed by atoms with Crippen molar-refractivity contribution in [2.24, 2.45) is 0 Å². The highest BCUT2D eigenvalue weighted by Gasteiger charge is 2.15. The van der Waals surface area contributed by atoms with Gasteiger partial charge in [0.25, 0.3) is 0 Å². The Morgan fingerprint density at radius 2 is 1.61 bits per heavy atom. The van der Waals surface area contributed by atoms with Crippen molar-refractivity contribution in [3.05, 3.63) is 24.3 Å². The number of rotatable bonds is 7.